The minimum absolute atomic E-state index is 0.147. The molecule has 1 atom stereocenters. The van der Waals surface area contributed by atoms with E-state index in [2.05, 4.69) is 0 Å². The van der Waals surface area contributed by atoms with E-state index in [0.717, 1.165) is 21.5 Å². The molecule has 8 heteroatoms. The number of aliphatic hydroxyl groups excluding tert-OH is 1. The second-order valence-corrected chi connectivity index (χ2v) is 6.26. The minimum atomic E-state index is -1.33. The minimum Gasteiger partial charge on any atom is -0.480 e. The SMILES string of the molecule is O=C(O)[C@@H](CO)N1C(=O)/C(=C\c2cccs2)SC1=S. The molecule has 0 spiro atoms. The van der Waals surface area contributed by atoms with E-state index in [1.165, 1.54) is 11.3 Å². The van der Waals surface area contributed by atoms with Crippen molar-refractivity contribution >= 4 is 57.6 Å². The predicted octanol–water partition coefficient (Wildman–Crippen LogP) is 1.39. The first-order valence-electron chi connectivity index (χ1n) is 5.19. The highest BCUT2D eigenvalue weighted by Crippen LogP contribution is 2.34. The van der Waals surface area contributed by atoms with E-state index in [-0.39, 0.29) is 4.32 Å². The van der Waals surface area contributed by atoms with E-state index in [4.69, 9.17) is 22.4 Å². The molecule has 0 aromatic carbocycles. The Morgan fingerprint density at radius 3 is 2.84 bits per heavy atom. The van der Waals surface area contributed by atoms with Gasteiger partial charge in [-0.2, -0.15) is 0 Å². The molecule has 19 heavy (non-hydrogen) atoms. The van der Waals surface area contributed by atoms with Crippen molar-refractivity contribution in [3.05, 3.63) is 27.3 Å². The van der Waals surface area contributed by atoms with Crippen LogP contribution in [0.4, 0.5) is 0 Å². The van der Waals surface area contributed by atoms with Crippen molar-refractivity contribution in [2.45, 2.75) is 6.04 Å². The number of carboxylic acid groups (broad SMARTS) is 1. The zero-order valence-electron chi connectivity index (χ0n) is 9.48. The molecule has 1 fully saturated rings. The van der Waals surface area contributed by atoms with Crippen LogP contribution in [0.5, 0.6) is 0 Å². The fourth-order valence-corrected chi connectivity index (χ4v) is 3.60. The number of nitrogens with zero attached hydrogens (tertiary/aromatic N) is 1. The van der Waals surface area contributed by atoms with Gasteiger partial charge in [0, 0.05) is 4.88 Å². The normalized spacial score (nSPS) is 19.2. The first kappa shape index (κ1) is 14.2. The molecule has 1 aliphatic rings. The number of amides is 1. The maximum absolute atomic E-state index is 12.1. The third kappa shape index (κ3) is 2.86. The highest BCUT2D eigenvalue weighted by Gasteiger charge is 2.40. The average molecular weight is 315 g/mol. The van der Waals surface area contributed by atoms with Gasteiger partial charge in [-0.1, -0.05) is 30.0 Å². The summed E-state index contributed by atoms with van der Waals surface area (Å²) in [4.78, 5) is 25.3. The van der Waals surface area contributed by atoms with Gasteiger partial charge in [0.1, 0.15) is 4.32 Å². The van der Waals surface area contributed by atoms with Gasteiger partial charge in [-0.3, -0.25) is 9.69 Å². The summed E-state index contributed by atoms with van der Waals surface area (Å²) in [6, 6.07) is 2.37. The molecule has 0 radical (unpaired) electrons. The quantitative estimate of drug-likeness (QED) is 0.646. The van der Waals surface area contributed by atoms with Gasteiger partial charge in [-0.25, -0.2) is 4.79 Å². The number of thiophene rings is 1. The molecule has 2 heterocycles. The van der Waals surface area contributed by atoms with E-state index in [1.807, 2.05) is 17.5 Å². The van der Waals surface area contributed by atoms with Crippen molar-refractivity contribution in [1.82, 2.24) is 4.90 Å². The van der Waals surface area contributed by atoms with Gasteiger partial charge >= 0.3 is 5.97 Å². The van der Waals surface area contributed by atoms with Crippen molar-refractivity contribution in [3.8, 4) is 0 Å². The van der Waals surface area contributed by atoms with Gasteiger partial charge in [0.15, 0.2) is 6.04 Å². The summed E-state index contributed by atoms with van der Waals surface area (Å²) in [5, 5.41) is 19.9. The number of thioether (sulfide) groups is 1. The maximum Gasteiger partial charge on any atom is 0.329 e. The molecule has 2 N–H and O–H groups in total. The number of aliphatic carboxylic acids is 1. The molecular formula is C11H9NO4S3. The Balaban J connectivity index is 2.28. The Hall–Kier alpha value is -1.22. The topological polar surface area (TPSA) is 77.8 Å². The number of thiocarbonyl (C=S) groups is 1. The first-order valence-corrected chi connectivity index (χ1v) is 7.29. The van der Waals surface area contributed by atoms with Crippen LogP contribution < -0.4 is 0 Å². The van der Waals surface area contributed by atoms with Crippen LogP contribution >= 0.6 is 35.3 Å². The summed E-state index contributed by atoms with van der Waals surface area (Å²) in [5.74, 6) is -1.76. The predicted molar refractivity (Wildman–Crippen MR) is 77.8 cm³/mol. The molecule has 0 saturated carbocycles. The van der Waals surface area contributed by atoms with Crippen molar-refractivity contribution in [2.75, 3.05) is 6.61 Å². The molecule has 1 aromatic rings. The van der Waals surface area contributed by atoms with E-state index in [0.29, 0.717) is 4.91 Å². The van der Waals surface area contributed by atoms with Gasteiger partial charge in [0.05, 0.1) is 11.5 Å². The number of aliphatic hydroxyl groups is 1. The summed E-state index contributed by atoms with van der Waals surface area (Å²) in [7, 11) is 0. The molecular weight excluding hydrogens is 306 g/mol. The molecule has 2 rings (SSSR count). The monoisotopic (exact) mass is 315 g/mol. The molecule has 0 bridgehead atoms. The summed E-state index contributed by atoms with van der Waals surface area (Å²) in [6.07, 6.45) is 1.67. The Morgan fingerprint density at radius 2 is 2.32 bits per heavy atom. The second-order valence-electron chi connectivity index (χ2n) is 3.60. The van der Waals surface area contributed by atoms with Crippen molar-refractivity contribution in [3.63, 3.8) is 0 Å². The Morgan fingerprint density at radius 1 is 1.58 bits per heavy atom. The zero-order valence-corrected chi connectivity index (χ0v) is 11.9. The van der Waals surface area contributed by atoms with Crippen LogP contribution in [0, 0.1) is 0 Å². The van der Waals surface area contributed by atoms with Crippen LogP contribution in [0.1, 0.15) is 4.88 Å². The molecule has 1 aromatic heterocycles. The Kier molecular flexibility index (Phi) is 4.35. The smallest absolute Gasteiger partial charge is 0.329 e. The number of carbonyl (C=O) groups is 2. The Bertz CT molecular complexity index is 552. The summed E-state index contributed by atoms with van der Waals surface area (Å²) >= 11 is 7.52. The standard InChI is InChI=1S/C11H9NO4S3/c13-5-7(10(15)16)12-9(14)8(19-11(12)17)4-6-2-1-3-18-6/h1-4,7,13H,5H2,(H,15,16)/b8-4+/t7-/m1/s1. The lowest BCUT2D eigenvalue weighted by Gasteiger charge is -2.20. The van der Waals surface area contributed by atoms with Crippen LogP contribution in [0.15, 0.2) is 22.4 Å². The first-order chi connectivity index (χ1) is 9.04. The van der Waals surface area contributed by atoms with Crippen molar-refractivity contribution in [2.24, 2.45) is 0 Å². The van der Waals surface area contributed by atoms with Gasteiger partial charge in [0.25, 0.3) is 5.91 Å². The largest absolute Gasteiger partial charge is 0.480 e. The third-order valence-corrected chi connectivity index (χ3v) is 4.56. The summed E-state index contributed by atoms with van der Waals surface area (Å²) < 4.78 is 0.147. The van der Waals surface area contributed by atoms with Gasteiger partial charge in [-0.05, 0) is 17.5 Å². The summed E-state index contributed by atoms with van der Waals surface area (Å²) in [5.41, 5.74) is 0. The molecule has 1 amide bonds. The number of hydrogen-bond donors (Lipinski definition) is 2. The van der Waals surface area contributed by atoms with Crippen molar-refractivity contribution in [1.29, 1.82) is 0 Å². The van der Waals surface area contributed by atoms with Crippen LogP contribution in [-0.2, 0) is 9.59 Å². The highest BCUT2D eigenvalue weighted by atomic mass is 32.2. The fraction of sp³-hybridized carbons (Fsp3) is 0.182. The van der Waals surface area contributed by atoms with Crippen LogP contribution in [0.2, 0.25) is 0 Å². The summed E-state index contributed by atoms with van der Waals surface area (Å²) in [6.45, 7) is -0.673. The third-order valence-electron chi connectivity index (χ3n) is 2.41. The fourth-order valence-electron chi connectivity index (χ4n) is 1.52. The van der Waals surface area contributed by atoms with E-state index in [9.17, 15) is 9.59 Å². The van der Waals surface area contributed by atoms with E-state index < -0.39 is 24.5 Å². The Labute approximate surface area is 122 Å². The number of hydrogen-bond acceptors (Lipinski definition) is 6. The number of carbonyl (C=O) groups excluding carboxylic acids is 1. The average Bonchev–Trinajstić information content (AvgIpc) is 2.94. The molecule has 5 nitrogen and oxygen atoms in total. The lowest BCUT2D eigenvalue weighted by molar-refractivity contribution is -0.146. The molecule has 0 aliphatic carbocycles. The van der Waals surface area contributed by atoms with Crippen LogP contribution in [0.3, 0.4) is 0 Å². The van der Waals surface area contributed by atoms with Crippen LogP contribution in [-0.4, -0.2) is 44.0 Å². The van der Waals surface area contributed by atoms with Gasteiger partial charge in [0.2, 0.25) is 0 Å². The highest BCUT2D eigenvalue weighted by molar-refractivity contribution is 8.26. The van der Waals surface area contributed by atoms with E-state index in [1.54, 1.807) is 6.08 Å². The van der Waals surface area contributed by atoms with E-state index >= 15 is 0 Å². The number of rotatable bonds is 4. The second kappa shape index (κ2) is 5.83. The lowest BCUT2D eigenvalue weighted by atomic mass is 10.2. The number of carboxylic acids is 1. The van der Waals surface area contributed by atoms with Crippen molar-refractivity contribution < 1.29 is 19.8 Å². The molecule has 100 valence electrons. The van der Waals surface area contributed by atoms with Gasteiger partial charge in [-0.15, -0.1) is 11.3 Å². The van der Waals surface area contributed by atoms with Crippen LogP contribution in [0.25, 0.3) is 6.08 Å². The lowest BCUT2D eigenvalue weighted by Crippen LogP contribution is -2.46. The zero-order chi connectivity index (χ0) is 14.0. The molecule has 1 aliphatic heterocycles. The molecule has 1 saturated heterocycles. The van der Waals surface area contributed by atoms with Gasteiger partial charge < -0.3 is 10.2 Å². The molecule has 0 unspecified atom stereocenters. The maximum atomic E-state index is 12.1.